The Bertz CT molecular complexity index is 1160. The van der Waals surface area contributed by atoms with Crippen molar-refractivity contribution < 1.29 is 19.1 Å². The lowest BCUT2D eigenvalue weighted by Gasteiger charge is -2.22. The number of carbonyl (C=O) groups excluding carboxylic acids is 3. The van der Waals surface area contributed by atoms with Gasteiger partial charge in [0.2, 0.25) is 0 Å². The molecule has 1 unspecified atom stereocenters. The molecule has 12 heteroatoms. The van der Waals surface area contributed by atoms with Gasteiger partial charge >= 0.3 is 5.97 Å². The topological polar surface area (TPSA) is 144 Å². The van der Waals surface area contributed by atoms with Gasteiger partial charge < -0.3 is 4.74 Å². The molecule has 4 rings (SSSR count). The normalized spacial score (nSPS) is 15.0. The fourth-order valence-electron chi connectivity index (χ4n) is 3.19. The van der Waals surface area contributed by atoms with Gasteiger partial charge in [-0.05, 0) is 53.7 Å². The van der Waals surface area contributed by atoms with Crippen LogP contribution in [0.5, 0.6) is 0 Å². The molecule has 33 heavy (non-hydrogen) atoms. The van der Waals surface area contributed by atoms with Gasteiger partial charge in [-0.25, -0.2) is 9.48 Å². The van der Waals surface area contributed by atoms with E-state index in [1.807, 2.05) is 6.07 Å². The molecule has 2 heterocycles. The number of nitrogens with one attached hydrogen (secondary N) is 2. The first kappa shape index (κ1) is 21.6. The minimum absolute atomic E-state index is 0.0378. The van der Waals surface area contributed by atoms with E-state index in [0.29, 0.717) is 16.9 Å². The van der Waals surface area contributed by atoms with Crippen LogP contribution < -0.4 is 15.9 Å². The zero-order valence-electron chi connectivity index (χ0n) is 17.6. The second-order valence-corrected chi connectivity index (χ2v) is 6.91. The van der Waals surface area contributed by atoms with Gasteiger partial charge in [0, 0.05) is 12.0 Å². The van der Waals surface area contributed by atoms with Crippen LogP contribution in [0.25, 0.3) is 5.69 Å². The quantitative estimate of drug-likeness (QED) is 0.413. The highest BCUT2D eigenvalue weighted by Gasteiger charge is 2.37. The van der Waals surface area contributed by atoms with Gasteiger partial charge in [0.15, 0.2) is 0 Å². The number of para-hydroxylation sites is 1. The van der Waals surface area contributed by atoms with Crippen LogP contribution in [0, 0.1) is 0 Å². The molecule has 0 saturated heterocycles. The number of rotatable bonds is 6. The zero-order valence-corrected chi connectivity index (χ0v) is 17.6. The van der Waals surface area contributed by atoms with E-state index < -0.39 is 23.8 Å². The molecule has 2 amide bonds. The Morgan fingerprint density at radius 3 is 2.45 bits per heavy atom. The van der Waals surface area contributed by atoms with Gasteiger partial charge in [-0.3, -0.25) is 25.4 Å². The first-order chi connectivity index (χ1) is 16.1. The van der Waals surface area contributed by atoms with Gasteiger partial charge in [0.1, 0.15) is 18.1 Å². The van der Waals surface area contributed by atoms with Crippen LogP contribution in [0.15, 0.2) is 66.0 Å². The number of amides is 2. The smallest absolute Gasteiger partial charge is 0.354 e. The average Bonchev–Trinajstić information content (AvgIpc) is 3.54. The number of hydrazone groups is 1. The van der Waals surface area contributed by atoms with Crippen molar-refractivity contribution in [3.05, 3.63) is 66.5 Å². The van der Waals surface area contributed by atoms with Gasteiger partial charge in [0.25, 0.3) is 11.8 Å². The highest BCUT2D eigenvalue weighted by molar-refractivity contribution is 6.38. The number of aromatic nitrogens is 4. The van der Waals surface area contributed by atoms with Crippen molar-refractivity contribution in [2.45, 2.75) is 19.4 Å². The average molecular weight is 448 g/mol. The van der Waals surface area contributed by atoms with Gasteiger partial charge in [-0.1, -0.05) is 18.2 Å². The molecule has 0 bridgehead atoms. The van der Waals surface area contributed by atoms with Crippen LogP contribution in [0.3, 0.4) is 0 Å². The Morgan fingerprint density at radius 2 is 1.79 bits per heavy atom. The van der Waals surface area contributed by atoms with Crippen LogP contribution >= 0.6 is 0 Å². The SMILES string of the molecule is CCOC(=O)C1=NN(c2ccccc2)C(C(=O)NNC(=O)c2ccc(-n3cnnn3)cc2)C1. The summed E-state index contributed by atoms with van der Waals surface area (Å²) in [5, 5.41) is 16.6. The number of nitrogens with zero attached hydrogens (tertiary/aromatic N) is 6. The summed E-state index contributed by atoms with van der Waals surface area (Å²) >= 11 is 0. The number of benzene rings is 2. The number of anilines is 1. The molecule has 0 spiro atoms. The van der Waals surface area contributed by atoms with Crippen molar-refractivity contribution in [2.24, 2.45) is 5.10 Å². The minimum Gasteiger partial charge on any atom is -0.461 e. The first-order valence-electron chi connectivity index (χ1n) is 10.1. The number of ether oxygens (including phenoxy) is 1. The standard InChI is InChI=1S/C21H20N8O4/c1-2-33-21(32)17-12-18(29(25-17)16-6-4-3-5-7-16)20(31)24-23-19(30)14-8-10-15(11-9-14)28-13-22-26-27-28/h3-11,13,18H,2,12H2,1H3,(H,23,30)(H,24,31). The largest absolute Gasteiger partial charge is 0.461 e. The number of hydrogen-bond donors (Lipinski definition) is 2. The third kappa shape index (κ3) is 4.84. The summed E-state index contributed by atoms with van der Waals surface area (Å²) in [4.78, 5) is 37.5. The summed E-state index contributed by atoms with van der Waals surface area (Å²) in [6.45, 7) is 1.89. The summed E-state index contributed by atoms with van der Waals surface area (Å²) in [5.74, 6) is -1.62. The predicted octanol–water partition coefficient (Wildman–Crippen LogP) is 0.621. The van der Waals surface area contributed by atoms with Crippen LogP contribution in [0.4, 0.5) is 5.69 Å². The van der Waals surface area contributed by atoms with Crippen molar-refractivity contribution in [2.75, 3.05) is 11.6 Å². The van der Waals surface area contributed by atoms with Crippen molar-refractivity contribution in [3.63, 3.8) is 0 Å². The van der Waals surface area contributed by atoms with E-state index in [2.05, 4.69) is 31.5 Å². The number of hydrogen-bond acceptors (Lipinski definition) is 9. The molecule has 2 aromatic carbocycles. The lowest BCUT2D eigenvalue weighted by Crippen LogP contribution is -2.50. The molecule has 1 aromatic heterocycles. The third-order valence-corrected chi connectivity index (χ3v) is 4.79. The van der Waals surface area contributed by atoms with Gasteiger partial charge in [-0.15, -0.1) is 5.10 Å². The zero-order chi connectivity index (χ0) is 23.2. The Labute approximate surface area is 188 Å². The van der Waals surface area contributed by atoms with E-state index >= 15 is 0 Å². The minimum atomic E-state index is -0.839. The number of hydrazine groups is 1. The second-order valence-electron chi connectivity index (χ2n) is 6.91. The van der Waals surface area contributed by atoms with E-state index in [1.54, 1.807) is 55.5 Å². The van der Waals surface area contributed by atoms with Crippen molar-refractivity contribution in [1.82, 2.24) is 31.1 Å². The third-order valence-electron chi connectivity index (χ3n) is 4.79. The first-order valence-corrected chi connectivity index (χ1v) is 10.1. The molecular formula is C21H20N8O4. The van der Waals surface area contributed by atoms with Crippen LogP contribution in [-0.2, 0) is 14.3 Å². The van der Waals surface area contributed by atoms with E-state index in [9.17, 15) is 14.4 Å². The molecule has 0 fully saturated rings. The molecule has 1 atom stereocenters. The fraction of sp³-hybridized carbons (Fsp3) is 0.190. The summed E-state index contributed by atoms with van der Waals surface area (Å²) in [5.41, 5.74) is 6.56. The maximum absolute atomic E-state index is 12.9. The van der Waals surface area contributed by atoms with E-state index in [-0.39, 0.29) is 18.7 Å². The molecule has 3 aromatic rings. The second kappa shape index (κ2) is 9.68. The van der Waals surface area contributed by atoms with Gasteiger partial charge in [-0.2, -0.15) is 5.10 Å². The molecule has 0 aliphatic carbocycles. The number of tetrazole rings is 1. The number of carbonyl (C=O) groups is 3. The monoisotopic (exact) mass is 448 g/mol. The molecule has 0 radical (unpaired) electrons. The van der Waals surface area contributed by atoms with Crippen molar-refractivity contribution in [3.8, 4) is 5.69 Å². The Kier molecular flexibility index (Phi) is 6.34. The molecule has 12 nitrogen and oxygen atoms in total. The Morgan fingerprint density at radius 1 is 1.03 bits per heavy atom. The van der Waals surface area contributed by atoms with Gasteiger partial charge in [0.05, 0.1) is 18.0 Å². The molecule has 1 aliphatic rings. The fourth-order valence-corrected chi connectivity index (χ4v) is 3.19. The summed E-state index contributed by atoms with van der Waals surface area (Å²) in [7, 11) is 0. The summed E-state index contributed by atoms with van der Waals surface area (Å²) < 4.78 is 6.47. The highest BCUT2D eigenvalue weighted by Crippen LogP contribution is 2.25. The lowest BCUT2D eigenvalue weighted by molar-refractivity contribution is -0.135. The van der Waals surface area contributed by atoms with E-state index in [1.165, 1.54) is 16.0 Å². The molecule has 0 saturated carbocycles. The number of esters is 1. The van der Waals surface area contributed by atoms with Crippen LogP contribution in [-0.4, -0.2) is 56.4 Å². The highest BCUT2D eigenvalue weighted by atomic mass is 16.5. The van der Waals surface area contributed by atoms with Crippen molar-refractivity contribution >= 4 is 29.2 Å². The lowest BCUT2D eigenvalue weighted by atomic mass is 10.1. The maximum Gasteiger partial charge on any atom is 0.354 e. The Hall–Kier alpha value is -4.61. The maximum atomic E-state index is 12.9. The van der Waals surface area contributed by atoms with E-state index in [0.717, 1.165) is 0 Å². The predicted molar refractivity (Wildman–Crippen MR) is 116 cm³/mol. The summed E-state index contributed by atoms with van der Waals surface area (Å²) in [6, 6.07) is 14.6. The molecule has 2 N–H and O–H groups in total. The van der Waals surface area contributed by atoms with Crippen LogP contribution in [0.2, 0.25) is 0 Å². The molecular weight excluding hydrogens is 428 g/mol. The van der Waals surface area contributed by atoms with E-state index in [4.69, 9.17) is 4.74 Å². The Balaban J connectivity index is 1.42. The summed E-state index contributed by atoms with van der Waals surface area (Å²) in [6.07, 6.45) is 1.47. The van der Waals surface area contributed by atoms with Crippen LogP contribution in [0.1, 0.15) is 23.7 Å². The van der Waals surface area contributed by atoms with Crippen molar-refractivity contribution in [1.29, 1.82) is 0 Å². The molecule has 1 aliphatic heterocycles. The molecule has 168 valence electrons.